The molecule has 1 amide bonds. The molecule has 35 heavy (non-hydrogen) atoms. The third kappa shape index (κ3) is 4.52. The molecule has 3 aromatic rings. The molecule has 0 saturated carbocycles. The number of benzene rings is 3. The lowest BCUT2D eigenvalue weighted by atomic mass is 10.0. The third-order valence-electron chi connectivity index (χ3n) is 6.87. The fraction of sp³-hybridized carbons (Fsp3) is 0.321. The highest BCUT2D eigenvalue weighted by Crippen LogP contribution is 2.38. The summed E-state index contributed by atoms with van der Waals surface area (Å²) in [5.74, 6) is 0.0477. The molecular weight excluding hydrogens is 460 g/mol. The van der Waals surface area contributed by atoms with E-state index < -0.39 is 16.1 Å². The van der Waals surface area contributed by atoms with Gasteiger partial charge in [0, 0.05) is 0 Å². The van der Waals surface area contributed by atoms with E-state index >= 15 is 0 Å². The molecule has 6 nitrogen and oxygen atoms in total. The van der Waals surface area contributed by atoms with E-state index in [9.17, 15) is 13.2 Å². The summed E-state index contributed by atoms with van der Waals surface area (Å²) in [7, 11) is -3.89. The average molecular weight is 491 g/mol. The van der Waals surface area contributed by atoms with E-state index in [-0.39, 0.29) is 23.4 Å². The molecule has 0 radical (unpaired) electrons. The maximum Gasteiger partial charge on any atom is 0.264 e. The van der Waals surface area contributed by atoms with Gasteiger partial charge >= 0.3 is 0 Å². The van der Waals surface area contributed by atoms with Crippen molar-refractivity contribution in [1.29, 1.82) is 0 Å². The van der Waals surface area contributed by atoms with Crippen LogP contribution in [0, 0.1) is 13.8 Å². The lowest BCUT2D eigenvalue weighted by molar-refractivity contribution is -0.128. The first-order chi connectivity index (χ1) is 16.7. The van der Waals surface area contributed by atoms with Gasteiger partial charge in [-0.1, -0.05) is 42.0 Å². The Kier molecular flexibility index (Phi) is 6.05. The summed E-state index contributed by atoms with van der Waals surface area (Å²) >= 11 is 0. The number of aryl methyl sites for hydroxylation is 4. The van der Waals surface area contributed by atoms with Crippen LogP contribution in [-0.4, -0.2) is 27.0 Å². The van der Waals surface area contributed by atoms with Crippen LogP contribution >= 0.6 is 0 Å². The Morgan fingerprint density at radius 2 is 1.69 bits per heavy atom. The summed E-state index contributed by atoms with van der Waals surface area (Å²) in [5.41, 5.74) is 6.09. The number of hydrogen-bond acceptors (Lipinski definition) is 4. The van der Waals surface area contributed by atoms with Gasteiger partial charge in [-0.2, -0.15) is 0 Å². The highest BCUT2D eigenvalue weighted by molar-refractivity contribution is 7.92. The van der Waals surface area contributed by atoms with Gasteiger partial charge in [0.25, 0.3) is 15.9 Å². The number of fused-ring (bicyclic) bond motifs is 2. The number of nitrogens with one attached hydrogen (secondary N) is 1. The van der Waals surface area contributed by atoms with Crippen molar-refractivity contribution >= 4 is 21.6 Å². The number of ether oxygens (including phenoxy) is 1. The van der Waals surface area contributed by atoms with Crippen molar-refractivity contribution in [3.05, 3.63) is 88.5 Å². The lowest BCUT2D eigenvalue weighted by Crippen LogP contribution is -2.51. The second kappa shape index (κ2) is 9.04. The van der Waals surface area contributed by atoms with Gasteiger partial charge in [0.15, 0.2) is 6.10 Å². The Morgan fingerprint density at radius 1 is 0.971 bits per heavy atom. The molecule has 3 aromatic carbocycles. The maximum absolute atomic E-state index is 13.6. The number of hydrogen-bond donors (Lipinski definition) is 1. The van der Waals surface area contributed by atoms with E-state index in [0.29, 0.717) is 11.4 Å². The molecule has 1 heterocycles. The molecule has 5 rings (SSSR count). The molecule has 182 valence electrons. The minimum atomic E-state index is -3.89. The minimum Gasteiger partial charge on any atom is -0.476 e. The molecule has 0 unspecified atom stereocenters. The van der Waals surface area contributed by atoms with Crippen LogP contribution in [0.15, 0.2) is 65.6 Å². The maximum atomic E-state index is 13.6. The molecule has 0 saturated heterocycles. The summed E-state index contributed by atoms with van der Waals surface area (Å²) in [6.45, 7) is 5.65. The Balaban J connectivity index is 1.42. The zero-order valence-electron chi connectivity index (χ0n) is 20.2. The van der Waals surface area contributed by atoms with Crippen molar-refractivity contribution in [1.82, 2.24) is 5.32 Å². The molecule has 0 fully saturated rings. The summed E-state index contributed by atoms with van der Waals surface area (Å²) in [6.07, 6.45) is 2.37. The van der Waals surface area contributed by atoms with Crippen LogP contribution in [0.2, 0.25) is 0 Å². The zero-order valence-corrected chi connectivity index (χ0v) is 21.1. The monoisotopic (exact) mass is 490 g/mol. The number of rotatable bonds is 5. The average Bonchev–Trinajstić information content (AvgIpc) is 3.31. The van der Waals surface area contributed by atoms with Crippen molar-refractivity contribution in [2.75, 3.05) is 10.8 Å². The van der Waals surface area contributed by atoms with Crippen LogP contribution in [0.25, 0.3) is 0 Å². The van der Waals surface area contributed by atoms with E-state index in [1.165, 1.54) is 21.9 Å². The molecule has 1 aliphatic carbocycles. The van der Waals surface area contributed by atoms with Gasteiger partial charge in [-0.3, -0.25) is 9.10 Å². The highest BCUT2D eigenvalue weighted by Gasteiger charge is 2.38. The summed E-state index contributed by atoms with van der Waals surface area (Å²) < 4.78 is 34.5. The molecule has 2 aliphatic rings. The zero-order chi connectivity index (χ0) is 24.7. The van der Waals surface area contributed by atoms with Crippen molar-refractivity contribution in [3.8, 4) is 5.75 Å². The number of sulfonamides is 1. The molecule has 1 N–H and O–H groups in total. The van der Waals surface area contributed by atoms with Gasteiger partial charge in [-0.05, 0) is 86.6 Å². The van der Waals surface area contributed by atoms with E-state index in [2.05, 4.69) is 23.5 Å². The molecule has 2 atom stereocenters. The fourth-order valence-corrected chi connectivity index (χ4v) is 6.29. The second-order valence-electron chi connectivity index (χ2n) is 9.54. The SMILES string of the molecule is Cc1ccc(S(=O)(=O)N2C[C@@H](C(=O)N[C@@H](C)c3ccc4c(c3)CCC4)Oc3cc(C)ccc32)cc1. The number of anilines is 1. The van der Waals surface area contributed by atoms with Gasteiger partial charge < -0.3 is 10.1 Å². The molecule has 0 spiro atoms. The first kappa shape index (κ1) is 23.4. The smallest absolute Gasteiger partial charge is 0.264 e. The minimum absolute atomic E-state index is 0.102. The molecule has 7 heteroatoms. The fourth-order valence-electron chi connectivity index (χ4n) is 4.81. The predicted octanol–water partition coefficient (Wildman–Crippen LogP) is 4.63. The van der Waals surface area contributed by atoms with Gasteiger partial charge in [0.05, 0.1) is 23.2 Å². The number of nitrogens with zero attached hydrogens (tertiary/aromatic N) is 1. The Labute approximate surface area is 207 Å². The van der Waals surface area contributed by atoms with Crippen molar-refractivity contribution in [3.63, 3.8) is 0 Å². The molecular formula is C28H30N2O4S. The summed E-state index contributed by atoms with van der Waals surface area (Å²) in [4.78, 5) is 13.5. The topological polar surface area (TPSA) is 75.7 Å². The standard InChI is InChI=1S/C28H30N2O4S/c1-18-7-12-24(13-8-18)35(32,33)30-17-27(34-26-15-19(2)9-14-25(26)30)28(31)29-20(3)22-11-10-21-5-4-6-23(21)16-22/h7-16,20,27H,4-6,17H2,1-3H3,(H,29,31)/t20-,27-/m0/s1. The van der Waals surface area contributed by atoms with Crippen molar-refractivity contribution in [2.45, 2.75) is 57.1 Å². The van der Waals surface area contributed by atoms with Crippen molar-refractivity contribution < 1.29 is 17.9 Å². The molecule has 0 aromatic heterocycles. The van der Waals surface area contributed by atoms with E-state index in [0.717, 1.165) is 29.5 Å². The Bertz CT molecular complexity index is 1380. The van der Waals surface area contributed by atoms with Crippen LogP contribution in [0.5, 0.6) is 5.75 Å². The highest BCUT2D eigenvalue weighted by atomic mass is 32.2. The van der Waals surface area contributed by atoms with Crippen molar-refractivity contribution in [2.24, 2.45) is 0 Å². The Morgan fingerprint density at radius 3 is 2.46 bits per heavy atom. The number of carbonyl (C=O) groups is 1. The summed E-state index contributed by atoms with van der Waals surface area (Å²) in [6, 6.07) is 18.2. The predicted molar refractivity (Wildman–Crippen MR) is 136 cm³/mol. The van der Waals surface area contributed by atoms with Gasteiger partial charge in [-0.25, -0.2) is 8.42 Å². The number of amides is 1. The van der Waals surface area contributed by atoms with Crippen LogP contribution in [-0.2, 0) is 27.7 Å². The Hall–Kier alpha value is -3.32. The van der Waals surface area contributed by atoms with Gasteiger partial charge in [0.1, 0.15) is 5.75 Å². The second-order valence-corrected chi connectivity index (χ2v) is 11.4. The van der Waals surface area contributed by atoms with Gasteiger partial charge in [0.2, 0.25) is 0 Å². The lowest BCUT2D eigenvalue weighted by Gasteiger charge is -2.35. The van der Waals surface area contributed by atoms with Crippen LogP contribution in [0.1, 0.15) is 47.2 Å². The van der Waals surface area contributed by atoms with Crippen LogP contribution < -0.4 is 14.4 Å². The van der Waals surface area contributed by atoms with E-state index in [1.807, 2.05) is 26.8 Å². The first-order valence-electron chi connectivity index (χ1n) is 12.0. The third-order valence-corrected chi connectivity index (χ3v) is 8.66. The van der Waals surface area contributed by atoms with Gasteiger partial charge in [-0.15, -0.1) is 0 Å². The van der Waals surface area contributed by atoms with E-state index in [1.54, 1.807) is 36.4 Å². The number of carbonyl (C=O) groups excluding carboxylic acids is 1. The normalized spacial score (nSPS) is 17.8. The van der Waals surface area contributed by atoms with E-state index in [4.69, 9.17) is 4.74 Å². The molecule has 1 aliphatic heterocycles. The van der Waals surface area contributed by atoms with Crippen LogP contribution in [0.4, 0.5) is 5.69 Å². The van der Waals surface area contributed by atoms with Crippen LogP contribution in [0.3, 0.4) is 0 Å². The first-order valence-corrected chi connectivity index (χ1v) is 13.5. The molecule has 0 bridgehead atoms. The quantitative estimate of drug-likeness (QED) is 0.566. The largest absolute Gasteiger partial charge is 0.476 e. The summed E-state index contributed by atoms with van der Waals surface area (Å²) in [5, 5.41) is 3.04.